The van der Waals surface area contributed by atoms with Crippen LogP contribution >= 0.6 is 0 Å². The minimum atomic E-state index is -3.93. The zero-order chi connectivity index (χ0) is 23.3. The minimum absolute atomic E-state index is 0.115. The van der Waals surface area contributed by atoms with Crippen LogP contribution in [0.25, 0.3) is 0 Å². The number of nitrogens with zero attached hydrogens (tertiary/aromatic N) is 2. The normalized spacial score (nSPS) is 13.9. The molecule has 1 amide bonds. The Morgan fingerprint density at radius 3 is 2.39 bits per heavy atom. The first kappa shape index (κ1) is 22.6. The largest absolute Gasteiger partial charge is 0.497 e. The molecular weight excluding hydrogens is 440 g/mol. The fraction of sp³-hybridized carbons (Fsp3) is 0.250. The summed E-state index contributed by atoms with van der Waals surface area (Å²) in [7, 11) is -2.38. The second-order valence-corrected chi connectivity index (χ2v) is 9.41. The van der Waals surface area contributed by atoms with Gasteiger partial charge in [-0.15, -0.1) is 0 Å². The smallest absolute Gasteiger partial charge is 0.264 e. The van der Waals surface area contributed by atoms with Gasteiger partial charge in [-0.05, 0) is 73.9 Å². The molecule has 2 heterocycles. The third-order valence-electron chi connectivity index (χ3n) is 5.47. The van der Waals surface area contributed by atoms with E-state index in [2.05, 4.69) is 19.9 Å². The number of sulfonamides is 1. The Morgan fingerprint density at radius 2 is 1.73 bits per heavy atom. The zero-order valence-electron chi connectivity index (χ0n) is 18.3. The second-order valence-electron chi connectivity index (χ2n) is 7.76. The molecule has 2 aromatic carbocycles. The molecule has 1 aromatic heterocycles. The van der Waals surface area contributed by atoms with Crippen molar-refractivity contribution in [3.8, 4) is 5.75 Å². The Morgan fingerprint density at radius 1 is 1.00 bits per heavy atom. The van der Waals surface area contributed by atoms with Crippen molar-refractivity contribution in [2.24, 2.45) is 0 Å². The van der Waals surface area contributed by atoms with Gasteiger partial charge in [-0.25, -0.2) is 8.42 Å². The lowest BCUT2D eigenvalue weighted by atomic mass is 10.1. The van der Waals surface area contributed by atoms with Gasteiger partial charge in [-0.3, -0.25) is 14.5 Å². The molecular formula is C24H26N4O4S. The van der Waals surface area contributed by atoms with Gasteiger partial charge in [0.15, 0.2) is 0 Å². The number of pyridine rings is 1. The van der Waals surface area contributed by atoms with E-state index in [9.17, 15) is 13.2 Å². The summed E-state index contributed by atoms with van der Waals surface area (Å²) in [6, 6.07) is 15.0. The number of carbonyl (C=O) groups excluding carboxylic acids is 1. The average Bonchev–Trinajstić information content (AvgIpc) is 2.85. The molecule has 0 spiro atoms. The molecule has 3 aromatic rings. The Bertz CT molecular complexity index is 1210. The molecule has 0 saturated carbocycles. The van der Waals surface area contributed by atoms with Crippen LogP contribution in [-0.2, 0) is 10.0 Å². The average molecular weight is 467 g/mol. The van der Waals surface area contributed by atoms with E-state index in [0.29, 0.717) is 28.4 Å². The summed E-state index contributed by atoms with van der Waals surface area (Å²) in [4.78, 5) is 18.7. The summed E-state index contributed by atoms with van der Waals surface area (Å²) in [5, 5.41) is 2.77. The highest BCUT2D eigenvalue weighted by Crippen LogP contribution is 2.32. The van der Waals surface area contributed by atoms with E-state index < -0.39 is 10.0 Å². The Labute approximate surface area is 193 Å². The van der Waals surface area contributed by atoms with Crippen LogP contribution in [0.5, 0.6) is 5.75 Å². The van der Waals surface area contributed by atoms with E-state index in [1.54, 1.807) is 61.8 Å². The molecule has 172 valence electrons. The van der Waals surface area contributed by atoms with E-state index in [4.69, 9.17) is 4.74 Å². The second kappa shape index (κ2) is 9.91. The number of aromatic nitrogens is 1. The van der Waals surface area contributed by atoms with Gasteiger partial charge in [0, 0.05) is 36.9 Å². The topological polar surface area (TPSA) is 101 Å². The van der Waals surface area contributed by atoms with Crippen molar-refractivity contribution in [1.82, 2.24) is 4.98 Å². The third-order valence-corrected chi connectivity index (χ3v) is 6.88. The molecule has 1 saturated heterocycles. The molecule has 0 aliphatic carbocycles. The van der Waals surface area contributed by atoms with Gasteiger partial charge in [0.1, 0.15) is 10.6 Å². The molecule has 0 bridgehead atoms. The van der Waals surface area contributed by atoms with Crippen molar-refractivity contribution >= 4 is 33.0 Å². The van der Waals surface area contributed by atoms with Crippen LogP contribution in [0.3, 0.4) is 0 Å². The van der Waals surface area contributed by atoms with E-state index >= 15 is 0 Å². The quantitative estimate of drug-likeness (QED) is 0.543. The molecule has 0 atom stereocenters. The summed E-state index contributed by atoms with van der Waals surface area (Å²) in [6.45, 7) is 1.57. The molecule has 1 fully saturated rings. The number of hydrogen-bond donors (Lipinski definition) is 2. The number of benzene rings is 2. The van der Waals surface area contributed by atoms with Crippen LogP contribution in [0.1, 0.15) is 29.6 Å². The van der Waals surface area contributed by atoms with Crippen LogP contribution in [0.2, 0.25) is 0 Å². The van der Waals surface area contributed by atoms with Crippen molar-refractivity contribution in [2.75, 3.05) is 35.1 Å². The maximum atomic E-state index is 13.4. The van der Waals surface area contributed by atoms with E-state index in [1.165, 1.54) is 12.3 Å². The highest BCUT2D eigenvalue weighted by atomic mass is 32.2. The maximum absolute atomic E-state index is 13.4. The van der Waals surface area contributed by atoms with Gasteiger partial charge in [-0.1, -0.05) is 0 Å². The van der Waals surface area contributed by atoms with Crippen molar-refractivity contribution in [3.05, 3.63) is 72.6 Å². The minimum Gasteiger partial charge on any atom is -0.497 e. The molecule has 4 rings (SSSR count). The van der Waals surface area contributed by atoms with Gasteiger partial charge >= 0.3 is 0 Å². The van der Waals surface area contributed by atoms with Crippen molar-refractivity contribution in [2.45, 2.75) is 24.2 Å². The standard InChI is InChI=1S/C24H26N4O4S/c1-32-21-10-7-19(8-11-21)27-33(30,31)23-16-20(26-24(29)18-6-5-13-25-17-18)9-12-22(23)28-14-3-2-4-15-28/h5-13,16-17,27H,2-4,14-15H2,1H3,(H,26,29). The molecule has 2 N–H and O–H groups in total. The summed E-state index contributed by atoms with van der Waals surface area (Å²) in [5.41, 5.74) is 1.82. The molecule has 1 aliphatic heterocycles. The van der Waals surface area contributed by atoms with Crippen molar-refractivity contribution in [3.63, 3.8) is 0 Å². The van der Waals surface area contributed by atoms with Crippen LogP contribution in [0.15, 0.2) is 71.9 Å². The highest BCUT2D eigenvalue weighted by molar-refractivity contribution is 7.92. The number of methoxy groups -OCH3 is 1. The lowest BCUT2D eigenvalue weighted by Gasteiger charge is -2.30. The van der Waals surface area contributed by atoms with Crippen LogP contribution in [0.4, 0.5) is 17.1 Å². The third kappa shape index (κ3) is 5.43. The molecule has 8 nitrogen and oxygen atoms in total. The predicted molar refractivity (Wildman–Crippen MR) is 128 cm³/mol. The highest BCUT2D eigenvalue weighted by Gasteiger charge is 2.24. The predicted octanol–water partition coefficient (Wildman–Crippen LogP) is 4.13. The number of amides is 1. The molecule has 33 heavy (non-hydrogen) atoms. The van der Waals surface area contributed by atoms with E-state index in [0.717, 1.165) is 32.4 Å². The number of anilines is 3. The fourth-order valence-corrected chi connectivity index (χ4v) is 5.08. The number of carbonyl (C=O) groups is 1. The van der Waals surface area contributed by atoms with Crippen LogP contribution < -0.4 is 19.7 Å². The number of nitrogens with one attached hydrogen (secondary N) is 2. The summed E-state index contributed by atoms with van der Waals surface area (Å²) >= 11 is 0. The zero-order valence-corrected chi connectivity index (χ0v) is 19.1. The summed E-state index contributed by atoms with van der Waals surface area (Å²) < 4.78 is 34.7. The van der Waals surface area contributed by atoms with Crippen molar-refractivity contribution < 1.29 is 17.9 Å². The molecule has 1 aliphatic rings. The van der Waals surface area contributed by atoms with Gasteiger partial charge in [-0.2, -0.15) is 0 Å². The Hall–Kier alpha value is -3.59. The SMILES string of the molecule is COc1ccc(NS(=O)(=O)c2cc(NC(=O)c3cccnc3)ccc2N2CCCCC2)cc1. The van der Waals surface area contributed by atoms with E-state index in [-0.39, 0.29) is 10.8 Å². The van der Waals surface area contributed by atoms with E-state index in [1.807, 2.05) is 0 Å². The molecule has 0 radical (unpaired) electrons. The lowest BCUT2D eigenvalue weighted by molar-refractivity contribution is 0.102. The Kier molecular flexibility index (Phi) is 6.79. The molecule has 9 heteroatoms. The fourth-order valence-electron chi connectivity index (χ4n) is 3.77. The van der Waals surface area contributed by atoms with Crippen LogP contribution in [-0.4, -0.2) is 39.5 Å². The number of piperidine rings is 1. The maximum Gasteiger partial charge on any atom is 0.264 e. The summed E-state index contributed by atoms with van der Waals surface area (Å²) in [5.74, 6) is 0.271. The van der Waals surface area contributed by atoms with Gasteiger partial charge < -0.3 is 15.0 Å². The first-order valence-corrected chi connectivity index (χ1v) is 12.2. The van der Waals surface area contributed by atoms with Crippen LogP contribution in [0, 0.1) is 0 Å². The first-order valence-electron chi connectivity index (χ1n) is 10.7. The van der Waals surface area contributed by atoms with Gasteiger partial charge in [0.25, 0.3) is 15.9 Å². The van der Waals surface area contributed by atoms with Gasteiger partial charge in [0.2, 0.25) is 0 Å². The van der Waals surface area contributed by atoms with Gasteiger partial charge in [0.05, 0.1) is 18.4 Å². The number of rotatable bonds is 7. The van der Waals surface area contributed by atoms with Crippen molar-refractivity contribution in [1.29, 1.82) is 0 Å². The molecule has 0 unspecified atom stereocenters. The first-order chi connectivity index (χ1) is 16.0. The monoisotopic (exact) mass is 466 g/mol. The Balaban J connectivity index is 1.67. The lowest BCUT2D eigenvalue weighted by Crippen LogP contribution is -2.31. The summed E-state index contributed by atoms with van der Waals surface area (Å²) in [6.07, 6.45) is 6.18. The number of ether oxygens (including phenoxy) is 1. The number of hydrogen-bond acceptors (Lipinski definition) is 6.